The molecule has 1 heteroatoms. The van der Waals surface area contributed by atoms with E-state index in [0.717, 1.165) is 22.6 Å². The Kier molecular flexibility index (Phi) is 1.10. The van der Waals surface area contributed by atoms with Gasteiger partial charge in [-0.25, -0.2) is 0 Å². The van der Waals surface area contributed by atoms with Crippen LogP contribution in [0.2, 0.25) is 0 Å². The average molecular weight is 171 g/mol. The van der Waals surface area contributed by atoms with Crippen molar-refractivity contribution in [2.75, 3.05) is 5.88 Å². The Morgan fingerprint density at radius 2 is 2.09 bits per heavy atom. The van der Waals surface area contributed by atoms with Crippen molar-refractivity contribution in [3.05, 3.63) is 0 Å². The number of fused-ring (bicyclic) bond motifs is 1. The minimum atomic E-state index is 0.786. The third-order valence-electron chi connectivity index (χ3n) is 4.58. The Morgan fingerprint density at radius 3 is 2.64 bits per heavy atom. The molecule has 0 aromatic rings. The van der Waals surface area contributed by atoms with E-state index in [0.29, 0.717) is 0 Å². The quantitative estimate of drug-likeness (QED) is 0.531. The van der Waals surface area contributed by atoms with E-state index in [1.807, 2.05) is 0 Å². The van der Waals surface area contributed by atoms with Gasteiger partial charge in [0.05, 0.1) is 0 Å². The maximum absolute atomic E-state index is 5.99. The van der Waals surface area contributed by atoms with Crippen molar-refractivity contribution in [2.45, 2.75) is 38.5 Å². The molecule has 0 N–H and O–H groups in total. The van der Waals surface area contributed by atoms with Crippen molar-refractivity contribution < 1.29 is 0 Å². The van der Waals surface area contributed by atoms with Gasteiger partial charge < -0.3 is 0 Å². The Labute approximate surface area is 73.3 Å². The van der Waals surface area contributed by atoms with Gasteiger partial charge in [0.1, 0.15) is 0 Å². The number of rotatable bonds is 1. The first kappa shape index (κ1) is 6.77. The molecule has 0 nitrogen and oxygen atoms in total. The molecule has 0 aliphatic heterocycles. The van der Waals surface area contributed by atoms with E-state index in [-0.39, 0.29) is 0 Å². The summed E-state index contributed by atoms with van der Waals surface area (Å²) in [5, 5.41) is 0. The smallest absolute Gasteiger partial charge is 0.0257 e. The van der Waals surface area contributed by atoms with E-state index < -0.39 is 0 Å². The lowest BCUT2D eigenvalue weighted by Gasteiger charge is -2.16. The standard InChI is InChI=1S/C10H15Cl/c11-6-8-2-1-3-10(8)7-9(10)4-5-9/h8H,1-7H2. The third kappa shape index (κ3) is 0.638. The van der Waals surface area contributed by atoms with Gasteiger partial charge in [-0.2, -0.15) is 0 Å². The molecular weight excluding hydrogens is 156 g/mol. The molecule has 3 saturated carbocycles. The lowest BCUT2D eigenvalue weighted by atomic mass is 9.91. The fraction of sp³-hybridized carbons (Fsp3) is 1.00. The Balaban J connectivity index is 1.86. The van der Waals surface area contributed by atoms with Crippen molar-refractivity contribution in [3.8, 4) is 0 Å². The number of halogens is 1. The summed E-state index contributed by atoms with van der Waals surface area (Å²) >= 11 is 5.99. The van der Waals surface area contributed by atoms with Crippen LogP contribution in [0, 0.1) is 16.7 Å². The molecule has 11 heavy (non-hydrogen) atoms. The Morgan fingerprint density at radius 1 is 1.27 bits per heavy atom. The maximum atomic E-state index is 5.99. The summed E-state index contributed by atoms with van der Waals surface area (Å²) in [6.07, 6.45) is 8.98. The first-order chi connectivity index (χ1) is 5.33. The third-order valence-corrected chi connectivity index (χ3v) is 4.95. The summed E-state index contributed by atoms with van der Waals surface area (Å²) in [7, 11) is 0. The van der Waals surface area contributed by atoms with Crippen LogP contribution in [0.25, 0.3) is 0 Å². The fourth-order valence-electron chi connectivity index (χ4n) is 3.69. The second-order valence-electron chi connectivity index (χ2n) is 4.86. The molecule has 0 aromatic heterocycles. The van der Waals surface area contributed by atoms with Crippen LogP contribution in [0.15, 0.2) is 0 Å². The van der Waals surface area contributed by atoms with E-state index >= 15 is 0 Å². The summed E-state index contributed by atoms with van der Waals surface area (Å²) in [6.45, 7) is 0. The summed E-state index contributed by atoms with van der Waals surface area (Å²) in [6, 6.07) is 0. The molecule has 3 fully saturated rings. The highest BCUT2D eigenvalue weighted by Crippen LogP contribution is 2.84. The highest BCUT2D eigenvalue weighted by atomic mass is 35.5. The number of hydrogen-bond donors (Lipinski definition) is 0. The topological polar surface area (TPSA) is 0 Å². The van der Waals surface area contributed by atoms with Crippen molar-refractivity contribution in [2.24, 2.45) is 16.7 Å². The highest BCUT2D eigenvalue weighted by Gasteiger charge is 2.76. The zero-order chi connectivity index (χ0) is 7.53. The van der Waals surface area contributed by atoms with E-state index in [1.165, 1.54) is 38.5 Å². The van der Waals surface area contributed by atoms with Crippen LogP contribution < -0.4 is 0 Å². The summed E-state index contributed by atoms with van der Waals surface area (Å²) in [5.74, 6) is 1.83. The van der Waals surface area contributed by atoms with E-state index in [9.17, 15) is 0 Å². The minimum Gasteiger partial charge on any atom is -0.126 e. The molecule has 2 atom stereocenters. The first-order valence-electron chi connectivity index (χ1n) is 4.89. The second-order valence-corrected chi connectivity index (χ2v) is 5.17. The van der Waals surface area contributed by atoms with Gasteiger partial charge in [0, 0.05) is 5.88 Å². The van der Waals surface area contributed by atoms with Gasteiger partial charge in [0.25, 0.3) is 0 Å². The number of alkyl halides is 1. The molecule has 2 spiro atoms. The van der Waals surface area contributed by atoms with Crippen molar-refractivity contribution in [1.82, 2.24) is 0 Å². The summed E-state index contributed by atoms with van der Waals surface area (Å²) in [4.78, 5) is 0. The van der Waals surface area contributed by atoms with Crippen LogP contribution >= 0.6 is 11.6 Å². The monoisotopic (exact) mass is 170 g/mol. The van der Waals surface area contributed by atoms with Gasteiger partial charge in [0.2, 0.25) is 0 Å². The fourth-order valence-corrected chi connectivity index (χ4v) is 4.13. The predicted molar refractivity (Wildman–Crippen MR) is 46.8 cm³/mol. The molecule has 0 bridgehead atoms. The van der Waals surface area contributed by atoms with Crippen LogP contribution in [0.4, 0.5) is 0 Å². The maximum Gasteiger partial charge on any atom is 0.0257 e. The van der Waals surface area contributed by atoms with Crippen LogP contribution in [0.1, 0.15) is 38.5 Å². The molecule has 0 amide bonds. The normalized spacial score (nSPS) is 50.5. The molecule has 3 aliphatic carbocycles. The van der Waals surface area contributed by atoms with Gasteiger partial charge in [-0.1, -0.05) is 6.42 Å². The molecule has 2 unspecified atom stereocenters. The van der Waals surface area contributed by atoms with Crippen LogP contribution in [-0.2, 0) is 0 Å². The molecule has 3 aliphatic rings. The van der Waals surface area contributed by atoms with E-state index in [4.69, 9.17) is 11.6 Å². The van der Waals surface area contributed by atoms with E-state index in [1.54, 1.807) is 0 Å². The zero-order valence-electron chi connectivity index (χ0n) is 6.91. The van der Waals surface area contributed by atoms with Gasteiger partial charge in [0.15, 0.2) is 0 Å². The van der Waals surface area contributed by atoms with Gasteiger partial charge in [-0.15, -0.1) is 11.6 Å². The SMILES string of the molecule is ClCC1CCCC12CC21CC1. The largest absolute Gasteiger partial charge is 0.126 e. The van der Waals surface area contributed by atoms with Gasteiger partial charge in [-0.05, 0) is 48.9 Å². The second kappa shape index (κ2) is 1.79. The van der Waals surface area contributed by atoms with E-state index in [2.05, 4.69) is 0 Å². The minimum absolute atomic E-state index is 0.786. The van der Waals surface area contributed by atoms with Crippen molar-refractivity contribution in [1.29, 1.82) is 0 Å². The van der Waals surface area contributed by atoms with Crippen LogP contribution in [0.3, 0.4) is 0 Å². The molecule has 0 radical (unpaired) electrons. The lowest BCUT2D eigenvalue weighted by Crippen LogP contribution is -2.13. The summed E-state index contributed by atoms with van der Waals surface area (Å²) < 4.78 is 0. The molecule has 62 valence electrons. The Hall–Kier alpha value is 0.290. The van der Waals surface area contributed by atoms with Crippen molar-refractivity contribution in [3.63, 3.8) is 0 Å². The predicted octanol–water partition coefficient (Wildman–Crippen LogP) is 3.20. The van der Waals surface area contributed by atoms with Gasteiger partial charge >= 0.3 is 0 Å². The van der Waals surface area contributed by atoms with Crippen LogP contribution in [0.5, 0.6) is 0 Å². The van der Waals surface area contributed by atoms with Crippen molar-refractivity contribution >= 4 is 11.6 Å². The molecule has 0 saturated heterocycles. The van der Waals surface area contributed by atoms with Gasteiger partial charge in [-0.3, -0.25) is 0 Å². The number of hydrogen-bond acceptors (Lipinski definition) is 0. The highest BCUT2D eigenvalue weighted by molar-refractivity contribution is 6.18. The molecule has 0 aromatic carbocycles. The molecule has 3 rings (SSSR count). The average Bonchev–Trinajstić information content (AvgIpc) is 2.83. The first-order valence-corrected chi connectivity index (χ1v) is 5.42. The molecule has 0 heterocycles. The molecular formula is C10H15Cl. The zero-order valence-corrected chi connectivity index (χ0v) is 7.66. The summed E-state index contributed by atoms with van der Waals surface area (Å²) in [5.41, 5.74) is 1.65. The van der Waals surface area contributed by atoms with Crippen LogP contribution in [-0.4, -0.2) is 5.88 Å². The lowest BCUT2D eigenvalue weighted by molar-refractivity contribution is 0.352. The Bertz CT molecular complexity index is 191.